The number of nitrogens with zero attached hydrogens (tertiary/aromatic N) is 1. The first kappa shape index (κ1) is 25.4. The van der Waals surface area contributed by atoms with Crippen molar-refractivity contribution in [3.63, 3.8) is 0 Å². The first-order valence-electron chi connectivity index (χ1n) is 8.76. The van der Waals surface area contributed by atoms with E-state index in [2.05, 4.69) is 76.0 Å². The second kappa shape index (κ2) is 11.6. The number of rotatable bonds is 4. The minimum atomic E-state index is 0. The average molecular weight is 341 g/mol. The van der Waals surface area contributed by atoms with Gasteiger partial charge in [-0.3, -0.25) is 5.32 Å². The van der Waals surface area contributed by atoms with E-state index in [0.717, 1.165) is 18.3 Å². The Kier molecular flexibility index (Phi) is 12.3. The maximum Gasteiger partial charge on any atom is 0.108 e. The summed E-state index contributed by atoms with van der Waals surface area (Å²) in [5.41, 5.74) is 1.23. The summed E-state index contributed by atoms with van der Waals surface area (Å²) < 4.78 is 0. The molecule has 1 aromatic rings. The maximum atomic E-state index is 4.28. The molecule has 4 heteroatoms. The number of aromatic nitrogens is 2. The number of aromatic amines is 1. The van der Waals surface area contributed by atoms with Crippen LogP contribution < -0.4 is 10.6 Å². The van der Waals surface area contributed by atoms with Crippen LogP contribution in [0, 0.1) is 11.8 Å². The number of imidazole rings is 1. The lowest BCUT2D eigenvalue weighted by atomic mass is 10.1. The summed E-state index contributed by atoms with van der Waals surface area (Å²) in [6.07, 6.45) is 2.46. The number of H-pyrrole nitrogens is 1. The lowest BCUT2D eigenvalue weighted by molar-refractivity contribution is 0.377. The third-order valence-corrected chi connectivity index (χ3v) is 4.21. The van der Waals surface area contributed by atoms with Crippen LogP contribution in [0.2, 0.25) is 0 Å². The summed E-state index contributed by atoms with van der Waals surface area (Å²) in [4.78, 5) is 7.58. The first-order chi connectivity index (χ1) is 10.2. The smallest absolute Gasteiger partial charge is 0.108 e. The summed E-state index contributed by atoms with van der Waals surface area (Å²) in [6, 6.07) is 0.669. The quantitative estimate of drug-likeness (QED) is 0.713. The highest BCUT2D eigenvalue weighted by Gasteiger charge is 2.26. The largest absolute Gasteiger partial charge is 0.345 e. The predicted octanol–water partition coefficient (Wildman–Crippen LogP) is 5.11. The normalized spacial score (nSPS) is 20.0. The Bertz CT molecular complexity index is 385. The summed E-state index contributed by atoms with van der Waals surface area (Å²) in [6.45, 7) is 18.8. The molecule has 4 nitrogen and oxygen atoms in total. The van der Waals surface area contributed by atoms with Gasteiger partial charge in [-0.15, -0.1) is 0 Å². The van der Waals surface area contributed by atoms with Crippen LogP contribution in [0.5, 0.6) is 0 Å². The standard InChI is InChI=1S/C9H20N2.C9H16N2.2CH4/c2*1-6(2)8-5-10-9(11-8)7(3)4;;/h6-11H,5H2,1-4H3;5-7H,1-4H3,(H,10,11);2*1H4. The third kappa shape index (κ3) is 7.80. The van der Waals surface area contributed by atoms with Crippen molar-refractivity contribution in [3.05, 3.63) is 17.7 Å². The van der Waals surface area contributed by atoms with Gasteiger partial charge in [0.05, 0.1) is 6.17 Å². The fraction of sp³-hybridized carbons (Fsp3) is 0.850. The average Bonchev–Trinajstić information content (AvgIpc) is 3.09. The molecule has 0 bridgehead atoms. The fourth-order valence-corrected chi connectivity index (χ4v) is 2.40. The van der Waals surface area contributed by atoms with Gasteiger partial charge in [-0.25, -0.2) is 4.98 Å². The Morgan fingerprint density at radius 3 is 1.75 bits per heavy atom. The van der Waals surface area contributed by atoms with Gasteiger partial charge in [0.15, 0.2) is 0 Å². The zero-order valence-electron chi connectivity index (χ0n) is 15.7. The Morgan fingerprint density at radius 2 is 1.50 bits per heavy atom. The lowest BCUT2D eigenvalue weighted by Gasteiger charge is -2.18. The molecule has 1 saturated heterocycles. The van der Waals surface area contributed by atoms with Crippen LogP contribution in [0.15, 0.2) is 6.20 Å². The highest BCUT2D eigenvalue weighted by molar-refractivity contribution is 5.07. The van der Waals surface area contributed by atoms with Crippen molar-refractivity contribution in [3.8, 4) is 0 Å². The van der Waals surface area contributed by atoms with E-state index in [1.165, 1.54) is 5.69 Å². The van der Waals surface area contributed by atoms with Gasteiger partial charge in [0.2, 0.25) is 0 Å². The summed E-state index contributed by atoms with van der Waals surface area (Å²) in [5, 5.41) is 7.06. The van der Waals surface area contributed by atoms with Crippen molar-refractivity contribution < 1.29 is 0 Å². The van der Waals surface area contributed by atoms with Crippen LogP contribution in [-0.2, 0) is 0 Å². The van der Waals surface area contributed by atoms with Crippen molar-refractivity contribution in [2.24, 2.45) is 11.8 Å². The third-order valence-electron chi connectivity index (χ3n) is 4.21. The SMILES string of the molecule is C.C.CC(C)C1CNC(C(C)C)N1.CC(C)c1cnc(C(C)C)[nH]1. The van der Waals surface area contributed by atoms with E-state index in [1.807, 2.05) is 6.20 Å². The molecule has 0 spiro atoms. The van der Waals surface area contributed by atoms with Gasteiger partial charge in [-0.05, 0) is 17.8 Å². The number of hydrogen-bond donors (Lipinski definition) is 3. The molecule has 0 aliphatic carbocycles. The highest BCUT2D eigenvalue weighted by Crippen LogP contribution is 2.15. The Labute approximate surface area is 151 Å². The molecular weight excluding hydrogens is 296 g/mol. The number of hydrogen-bond acceptors (Lipinski definition) is 3. The molecule has 1 aliphatic rings. The van der Waals surface area contributed by atoms with Crippen LogP contribution in [0.4, 0.5) is 0 Å². The lowest BCUT2D eigenvalue weighted by Crippen LogP contribution is -2.39. The van der Waals surface area contributed by atoms with Gasteiger partial charge in [0.1, 0.15) is 5.82 Å². The molecule has 1 aliphatic heterocycles. The van der Waals surface area contributed by atoms with Gasteiger partial charge < -0.3 is 10.3 Å². The fourth-order valence-electron chi connectivity index (χ4n) is 2.40. The molecule has 0 saturated carbocycles. The molecule has 0 radical (unpaired) electrons. The molecule has 24 heavy (non-hydrogen) atoms. The molecule has 0 aromatic carbocycles. The van der Waals surface area contributed by atoms with Crippen LogP contribution in [0.1, 0.15) is 93.6 Å². The number of nitrogens with one attached hydrogen (secondary N) is 3. The summed E-state index contributed by atoms with van der Waals surface area (Å²) in [5.74, 6) is 3.58. The van der Waals surface area contributed by atoms with Gasteiger partial charge in [-0.1, -0.05) is 70.2 Å². The molecule has 2 atom stereocenters. The Morgan fingerprint density at radius 1 is 0.917 bits per heavy atom. The van der Waals surface area contributed by atoms with E-state index in [9.17, 15) is 0 Å². The minimum Gasteiger partial charge on any atom is -0.345 e. The molecule has 2 heterocycles. The second-order valence-corrected chi connectivity index (χ2v) is 7.68. The van der Waals surface area contributed by atoms with Crippen LogP contribution in [0.3, 0.4) is 0 Å². The van der Waals surface area contributed by atoms with E-state index in [-0.39, 0.29) is 14.9 Å². The summed E-state index contributed by atoms with van der Waals surface area (Å²) >= 11 is 0. The molecule has 2 rings (SSSR count). The van der Waals surface area contributed by atoms with Crippen molar-refractivity contribution in [2.45, 2.75) is 94.3 Å². The van der Waals surface area contributed by atoms with Crippen LogP contribution in [-0.4, -0.2) is 28.7 Å². The van der Waals surface area contributed by atoms with Crippen LogP contribution >= 0.6 is 0 Å². The molecule has 1 fully saturated rings. The predicted molar refractivity (Wildman–Crippen MR) is 109 cm³/mol. The highest BCUT2D eigenvalue weighted by atomic mass is 15.2. The molecule has 144 valence electrons. The van der Waals surface area contributed by atoms with E-state index < -0.39 is 0 Å². The Balaban J connectivity index is 0. The van der Waals surface area contributed by atoms with E-state index >= 15 is 0 Å². The van der Waals surface area contributed by atoms with Gasteiger partial charge >= 0.3 is 0 Å². The molecule has 2 unspecified atom stereocenters. The van der Waals surface area contributed by atoms with E-state index in [0.29, 0.717) is 30.0 Å². The zero-order chi connectivity index (χ0) is 16.9. The second-order valence-electron chi connectivity index (χ2n) is 7.68. The zero-order valence-corrected chi connectivity index (χ0v) is 15.7. The van der Waals surface area contributed by atoms with E-state index in [4.69, 9.17) is 0 Å². The molecule has 0 amide bonds. The van der Waals surface area contributed by atoms with Crippen molar-refractivity contribution >= 4 is 0 Å². The molecular formula is C20H44N4. The van der Waals surface area contributed by atoms with Crippen molar-refractivity contribution in [1.82, 2.24) is 20.6 Å². The molecule has 1 aromatic heterocycles. The van der Waals surface area contributed by atoms with Gasteiger partial charge in [0.25, 0.3) is 0 Å². The van der Waals surface area contributed by atoms with Crippen molar-refractivity contribution in [1.29, 1.82) is 0 Å². The van der Waals surface area contributed by atoms with Gasteiger partial charge in [-0.2, -0.15) is 0 Å². The first-order valence-corrected chi connectivity index (χ1v) is 8.76. The molecule has 3 N–H and O–H groups in total. The monoisotopic (exact) mass is 340 g/mol. The maximum absolute atomic E-state index is 4.28. The summed E-state index contributed by atoms with van der Waals surface area (Å²) in [7, 11) is 0. The van der Waals surface area contributed by atoms with E-state index in [1.54, 1.807) is 0 Å². The van der Waals surface area contributed by atoms with Crippen LogP contribution in [0.25, 0.3) is 0 Å². The Hall–Kier alpha value is -0.870. The topological polar surface area (TPSA) is 52.7 Å². The van der Waals surface area contributed by atoms with Crippen molar-refractivity contribution in [2.75, 3.05) is 6.54 Å². The van der Waals surface area contributed by atoms with Gasteiger partial charge in [0, 0.05) is 30.4 Å². The minimum absolute atomic E-state index is 0.